The number of hydrogen-bond acceptors (Lipinski definition) is 4. The van der Waals surface area contributed by atoms with Gasteiger partial charge in [0.15, 0.2) is 0 Å². The van der Waals surface area contributed by atoms with Gasteiger partial charge in [0.1, 0.15) is 11.6 Å². The van der Waals surface area contributed by atoms with Crippen LogP contribution in [-0.2, 0) is 4.79 Å². The Labute approximate surface area is 126 Å². The summed E-state index contributed by atoms with van der Waals surface area (Å²) in [6.45, 7) is 5.33. The van der Waals surface area contributed by atoms with Gasteiger partial charge in [-0.2, -0.15) is 0 Å². The van der Waals surface area contributed by atoms with Crippen molar-refractivity contribution in [1.82, 2.24) is 9.88 Å². The normalized spacial score (nSPS) is 21.6. The van der Waals surface area contributed by atoms with Crippen molar-refractivity contribution in [2.75, 3.05) is 5.75 Å². The van der Waals surface area contributed by atoms with Crippen LogP contribution in [0.5, 0.6) is 0 Å². The molecule has 1 amide bonds. The second kappa shape index (κ2) is 5.93. The van der Waals surface area contributed by atoms with Crippen LogP contribution in [0, 0.1) is 13.8 Å². The maximum Gasteiger partial charge on any atom is 0.327 e. The summed E-state index contributed by atoms with van der Waals surface area (Å²) in [6, 6.07) is 0.835. The van der Waals surface area contributed by atoms with Crippen molar-refractivity contribution >= 4 is 23.6 Å². The molecule has 1 fully saturated rings. The number of nitrogens with zero attached hydrogens (tertiary/aromatic N) is 1. The molecule has 0 aliphatic carbocycles. The van der Waals surface area contributed by atoms with E-state index in [4.69, 9.17) is 0 Å². The van der Waals surface area contributed by atoms with Gasteiger partial charge in [-0.05, 0) is 31.9 Å². The third-order valence-electron chi connectivity index (χ3n) is 3.54. The van der Waals surface area contributed by atoms with Gasteiger partial charge in [-0.15, -0.1) is 11.8 Å². The Balaban J connectivity index is 2.47. The quantitative estimate of drug-likeness (QED) is 0.880. The SMILES string of the molecule is CCC1SCC(C(=O)O)N1C(=O)c1c(C)cc(C)[nH]c1=O. The number of aromatic amines is 1. The number of hydrogen-bond donors (Lipinski definition) is 2. The molecular weight excluding hydrogens is 292 g/mol. The molecule has 1 aliphatic heterocycles. The fraction of sp³-hybridized carbons (Fsp3) is 0.500. The van der Waals surface area contributed by atoms with E-state index in [0.717, 1.165) is 0 Å². The summed E-state index contributed by atoms with van der Waals surface area (Å²) in [7, 11) is 0. The zero-order valence-electron chi connectivity index (χ0n) is 12.2. The summed E-state index contributed by atoms with van der Waals surface area (Å²) in [5.74, 6) is -1.19. The molecule has 7 heteroatoms. The molecule has 2 N–H and O–H groups in total. The lowest BCUT2D eigenvalue weighted by Crippen LogP contribution is -2.47. The van der Waals surface area contributed by atoms with Gasteiger partial charge < -0.3 is 15.0 Å². The van der Waals surface area contributed by atoms with E-state index in [1.165, 1.54) is 16.7 Å². The van der Waals surface area contributed by atoms with Crippen LogP contribution in [0.4, 0.5) is 0 Å². The van der Waals surface area contributed by atoms with Crippen molar-refractivity contribution in [3.63, 3.8) is 0 Å². The van der Waals surface area contributed by atoms with Gasteiger partial charge in [0.25, 0.3) is 11.5 Å². The molecule has 1 saturated heterocycles. The van der Waals surface area contributed by atoms with Crippen LogP contribution >= 0.6 is 11.8 Å². The summed E-state index contributed by atoms with van der Waals surface area (Å²) in [6.07, 6.45) is 0.642. The van der Waals surface area contributed by atoms with Crippen LogP contribution in [0.15, 0.2) is 10.9 Å². The number of H-pyrrole nitrogens is 1. The highest BCUT2D eigenvalue weighted by atomic mass is 32.2. The predicted octanol–water partition coefficient (Wildman–Crippen LogP) is 1.37. The lowest BCUT2D eigenvalue weighted by molar-refractivity contribution is -0.141. The minimum absolute atomic E-state index is 0.0350. The van der Waals surface area contributed by atoms with E-state index in [1.807, 2.05) is 6.92 Å². The molecule has 6 nitrogen and oxygen atoms in total. The largest absolute Gasteiger partial charge is 0.480 e. The third kappa shape index (κ3) is 2.83. The number of amides is 1. The Morgan fingerprint density at radius 2 is 2.14 bits per heavy atom. The predicted molar refractivity (Wildman–Crippen MR) is 80.7 cm³/mol. The van der Waals surface area contributed by atoms with E-state index >= 15 is 0 Å². The molecule has 0 bridgehead atoms. The average Bonchev–Trinajstić information content (AvgIpc) is 2.80. The Kier molecular flexibility index (Phi) is 4.41. The molecule has 0 radical (unpaired) electrons. The average molecular weight is 310 g/mol. The Morgan fingerprint density at radius 1 is 1.48 bits per heavy atom. The van der Waals surface area contributed by atoms with E-state index in [-0.39, 0.29) is 10.9 Å². The monoisotopic (exact) mass is 310 g/mol. The summed E-state index contributed by atoms with van der Waals surface area (Å²) < 4.78 is 0. The number of carbonyl (C=O) groups excluding carboxylic acids is 1. The van der Waals surface area contributed by atoms with Gasteiger partial charge in [0.05, 0.1) is 5.37 Å². The molecule has 1 aliphatic rings. The van der Waals surface area contributed by atoms with Gasteiger partial charge in [-0.3, -0.25) is 9.59 Å². The lowest BCUT2D eigenvalue weighted by atomic mass is 10.1. The third-order valence-corrected chi connectivity index (χ3v) is 4.99. The maximum atomic E-state index is 12.7. The molecule has 2 atom stereocenters. The second-order valence-corrected chi connectivity index (χ2v) is 6.31. The highest BCUT2D eigenvalue weighted by molar-refractivity contribution is 8.00. The number of pyridine rings is 1. The highest BCUT2D eigenvalue weighted by Gasteiger charge is 2.42. The van der Waals surface area contributed by atoms with Gasteiger partial charge in [0, 0.05) is 11.4 Å². The van der Waals surface area contributed by atoms with Crippen molar-refractivity contribution in [2.24, 2.45) is 0 Å². The summed E-state index contributed by atoms with van der Waals surface area (Å²) >= 11 is 1.44. The number of carbonyl (C=O) groups is 2. The first-order chi connectivity index (χ1) is 9.86. The molecule has 1 aromatic heterocycles. The first-order valence-corrected chi connectivity index (χ1v) is 7.79. The van der Waals surface area contributed by atoms with E-state index in [9.17, 15) is 19.5 Å². The van der Waals surface area contributed by atoms with Crippen LogP contribution < -0.4 is 5.56 Å². The van der Waals surface area contributed by atoms with Crippen LogP contribution in [0.2, 0.25) is 0 Å². The van der Waals surface area contributed by atoms with Crippen LogP contribution in [0.1, 0.15) is 35.0 Å². The Hall–Kier alpha value is -1.76. The Morgan fingerprint density at radius 3 is 2.67 bits per heavy atom. The fourth-order valence-corrected chi connectivity index (χ4v) is 3.94. The first-order valence-electron chi connectivity index (χ1n) is 6.74. The van der Waals surface area contributed by atoms with Crippen LogP contribution in [0.25, 0.3) is 0 Å². The molecule has 0 spiro atoms. The number of carboxylic acids is 1. The molecular formula is C14H18N2O4S. The second-order valence-electron chi connectivity index (χ2n) is 5.10. The molecule has 2 rings (SSSR count). The van der Waals surface area contributed by atoms with Crippen molar-refractivity contribution < 1.29 is 14.7 Å². The number of aromatic nitrogens is 1. The molecule has 1 aromatic rings. The smallest absolute Gasteiger partial charge is 0.327 e. The topological polar surface area (TPSA) is 90.5 Å². The zero-order valence-corrected chi connectivity index (χ0v) is 13.0. The molecule has 2 heterocycles. The maximum absolute atomic E-state index is 12.7. The number of carboxylic acid groups (broad SMARTS) is 1. The number of aliphatic carboxylic acids is 1. The number of aryl methyl sites for hydroxylation is 2. The van der Waals surface area contributed by atoms with Gasteiger partial charge in [-0.1, -0.05) is 6.92 Å². The molecule has 21 heavy (non-hydrogen) atoms. The van der Waals surface area contributed by atoms with Crippen molar-refractivity contribution in [2.45, 2.75) is 38.6 Å². The zero-order chi connectivity index (χ0) is 15.7. The van der Waals surface area contributed by atoms with Gasteiger partial charge in [0.2, 0.25) is 0 Å². The fourth-order valence-electron chi connectivity index (χ4n) is 2.59. The van der Waals surface area contributed by atoms with E-state index < -0.39 is 23.5 Å². The van der Waals surface area contributed by atoms with Crippen molar-refractivity contribution in [3.05, 3.63) is 33.2 Å². The summed E-state index contributed by atoms with van der Waals surface area (Å²) in [4.78, 5) is 40.1. The minimum Gasteiger partial charge on any atom is -0.480 e. The highest BCUT2D eigenvalue weighted by Crippen LogP contribution is 2.32. The molecule has 114 valence electrons. The molecule has 0 aromatic carbocycles. The first kappa shape index (κ1) is 15.6. The van der Waals surface area contributed by atoms with Crippen LogP contribution in [0.3, 0.4) is 0 Å². The summed E-state index contributed by atoms with van der Waals surface area (Å²) in [5.41, 5.74) is 0.810. The van der Waals surface area contributed by atoms with E-state index in [2.05, 4.69) is 4.98 Å². The molecule has 0 saturated carbocycles. The van der Waals surface area contributed by atoms with Gasteiger partial charge in [-0.25, -0.2) is 4.79 Å². The standard InChI is InChI=1S/C14H18N2O4S/c1-4-10-16(9(6-21-10)14(19)20)13(18)11-7(2)5-8(3)15-12(11)17/h5,9-10H,4,6H2,1-3H3,(H,15,17)(H,19,20). The van der Waals surface area contributed by atoms with Crippen molar-refractivity contribution in [1.29, 1.82) is 0 Å². The number of rotatable bonds is 3. The minimum atomic E-state index is -1.03. The summed E-state index contributed by atoms with van der Waals surface area (Å²) in [5, 5.41) is 9.07. The molecule has 2 unspecified atom stereocenters. The number of nitrogens with one attached hydrogen (secondary N) is 1. The number of thioether (sulfide) groups is 1. The van der Waals surface area contributed by atoms with Crippen molar-refractivity contribution in [3.8, 4) is 0 Å². The van der Waals surface area contributed by atoms with E-state index in [0.29, 0.717) is 23.4 Å². The van der Waals surface area contributed by atoms with E-state index in [1.54, 1.807) is 19.9 Å². The van der Waals surface area contributed by atoms with Gasteiger partial charge >= 0.3 is 5.97 Å². The van der Waals surface area contributed by atoms with Crippen LogP contribution in [-0.4, -0.2) is 44.0 Å². The lowest BCUT2D eigenvalue weighted by Gasteiger charge is -2.27. The Bertz CT molecular complexity index is 640.